The highest BCUT2D eigenvalue weighted by Crippen LogP contribution is 2.04. The summed E-state index contributed by atoms with van der Waals surface area (Å²) >= 11 is 0. The van der Waals surface area contributed by atoms with Gasteiger partial charge in [0.25, 0.3) is 0 Å². The molecule has 0 fully saturated rings. The van der Waals surface area contributed by atoms with Crippen molar-refractivity contribution < 1.29 is 9.90 Å². The van der Waals surface area contributed by atoms with Crippen molar-refractivity contribution in [1.82, 2.24) is 5.32 Å². The SMILES string of the molecule is CC(C)CCCCN/C=C/C(=O)O. The number of unbranched alkanes of at least 4 members (excludes halogenated alkanes) is 1. The van der Waals surface area contributed by atoms with Crippen LogP contribution in [0.2, 0.25) is 0 Å². The summed E-state index contributed by atoms with van der Waals surface area (Å²) in [5.41, 5.74) is 0. The van der Waals surface area contributed by atoms with E-state index in [1.165, 1.54) is 19.0 Å². The highest BCUT2D eigenvalue weighted by Gasteiger charge is 1.92. The van der Waals surface area contributed by atoms with Crippen molar-refractivity contribution in [2.45, 2.75) is 33.1 Å². The Balaban J connectivity index is 3.13. The molecule has 0 unspecified atom stereocenters. The van der Waals surface area contributed by atoms with E-state index in [-0.39, 0.29) is 0 Å². The third-order valence-corrected chi connectivity index (χ3v) is 1.70. The lowest BCUT2D eigenvalue weighted by atomic mass is 10.1. The van der Waals surface area contributed by atoms with Crippen LogP contribution in [0, 0.1) is 5.92 Å². The molecule has 0 saturated carbocycles. The van der Waals surface area contributed by atoms with E-state index in [1.807, 2.05) is 0 Å². The summed E-state index contributed by atoms with van der Waals surface area (Å²) in [6.07, 6.45) is 6.14. The maximum absolute atomic E-state index is 10.1. The van der Waals surface area contributed by atoms with Gasteiger partial charge in [-0.2, -0.15) is 0 Å². The van der Waals surface area contributed by atoms with E-state index in [4.69, 9.17) is 5.11 Å². The second kappa shape index (κ2) is 7.65. The molecule has 0 rings (SSSR count). The lowest BCUT2D eigenvalue weighted by molar-refractivity contribution is -0.131. The average Bonchev–Trinajstić information content (AvgIpc) is 2.01. The maximum Gasteiger partial charge on any atom is 0.329 e. The normalized spacial score (nSPS) is 11.0. The number of hydrogen-bond acceptors (Lipinski definition) is 2. The molecule has 0 bridgehead atoms. The zero-order valence-corrected chi connectivity index (χ0v) is 8.42. The molecule has 0 atom stereocenters. The number of rotatable bonds is 7. The van der Waals surface area contributed by atoms with Crippen LogP contribution in [-0.4, -0.2) is 17.6 Å². The van der Waals surface area contributed by atoms with Gasteiger partial charge in [0.15, 0.2) is 0 Å². The van der Waals surface area contributed by atoms with Crippen LogP contribution in [0.3, 0.4) is 0 Å². The smallest absolute Gasteiger partial charge is 0.329 e. The lowest BCUT2D eigenvalue weighted by Crippen LogP contribution is -2.07. The first-order chi connectivity index (χ1) is 6.13. The van der Waals surface area contributed by atoms with Crippen molar-refractivity contribution in [3.05, 3.63) is 12.3 Å². The zero-order valence-electron chi connectivity index (χ0n) is 8.42. The summed E-state index contributed by atoms with van der Waals surface area (Å²) in [5, 5.41) is 11.2. The van der Waals surface area contributed by atoms with E-state index in [0.29, 0.717) is 0 Å². The molecule has 0 spiro atoms. The van der Waals surface area contributed by atoms with Crippen molar-refractivity contribution in [2.75, 3.05) is 6.54 Å². The van der Waals surface area contributed by atoms with Crippen LogP contribution in [0.1, 0.15) is 33.1 Å². The van der Waals surface area contributed by atoms with Gasteiger partial charge in [-0.05, 0) is 12.3 Å². The van der Waals surface area contributed by atoms with Crippen LogP contribution in [0.4, 0.5) is 0 Å². The third kappa shape index (κ3) is 11.0. The topological polar surface area (TPSA) is 49.3 Å². The molecule has 76 valence electrons. The lowest BCUT2D eigenvalue weighted by Gasteiger charge is -2.03. The summed E-state index contributed by atoms with van der Waals surface area (Å²) in [7, 11) is 0. The highest BCUT2D eigenvalue weighted by atomic mass is 16.4. The van der Waals surface area contributed by atoms with Gasteiger partial charge in [-0.3, -0.25) is 0 Å². The van der Waals surface area contributed by atoms with Crippen LogP contribution in [0.5, 0.6) is 0 Å². The van der Waals surface area contributed by atoms with E-state index in [0.717, 1.165) is 25.0 Å². The van der Waals surface area contributed by atoms with Crippen molar-refractivity contribution in [3.8, 4) is 0 Å². The monoisotopic (exact) mass is 185 g/mol. The molecule has 0 aromatic heterocycles. The Bertz CT molecular complexity index is 164. The predicted molar refractivity (Wildman–Crippen MR) is 53.5 cm³/mol. The molecule has 0 aliphatic carbocycles. The average molecular weight is 185 g/mol. The molecular weight excluding hydrogens is 166 g/mol. The van der Waals surface area contributed by atoms with Gasteiger partial charge in [0, 0.05) is 18.8 Å². The molecule has 0 radical (unpaired) electrons. The Hall–Kier alpha value is -0.990. The molecule has 0 amide bonds. The van der Waals surface area contributed by atoms with Gasteiger partial charge in [-0.15, -0.1) is 0 Å². The van der Waals surface area contributed by atoms with E-state index in [1.54, 1.807) is 0 Å². The molecule has 13 heavy (non-hydrogen) atoms. The molecule has 0 aromatic carbocycles. The minimum absolute atomic E-state index is 0.759. The fourth-order valence-electron chi connectivity index (χ4n) is 0.993. The minimum Gasteiger partial charge on any atom is -0.478 e. The minimum atomic E-state index is -0.908. The number of nitrogens with one attached hydrogen (secondary N) is 1. The quantitative estimate of drug-likeness (QED) is 0.471. The van der Waals surface area contributed by atoms with Gasteiger partial charge in [0.1, 0.15) is 0 Å². The molecule has 0 heterocycles. The fourth-order valence-corrected chi connectivity index (χ4v) is 0.993. The van der Waals surface area contributed by atoms with Crippen LogP contribution >= 0.6 is 0 Å². The Morgan fingerprint density at radius 1 is 1.46 bits per heavy atom. The van der Waals surface area contributed by atoms with Gasteiger partial charge in [-0.1, -0.05) is 26.7 Å². The van der Waals surface area contributed by atoms with Crippen LogP contribution in [-0.2, 0) is 4.79 Å². The molecule has 0 aromatic rings. The van der Waals surface area contributed by atoms with Crippen LogP contribution < -0.4 is 5.32 Å². The number of carboxylic acid groups (broad SMARTS) is 1. The third-order valence-electron chi connectivity index (χ3n) is 1.70. The summed E-state index contributed by atoms with van der Waals surface area (Å²) in [4.78, 5) is 10.1. The number of hydrogen-bond donors (Lipinski definition) is 2. The molecule has 3 nitrogen and oxygen atoms in total. The molecule has 0 aliphatic rings. The molecule has 3 heteroatoms. The van der Waals surface area contributed by atoms with E-state index >= 15 is 0 Å². The van der Waals surface area contributed by atoms with Crippen molar-refractivity contribution in [3.63, 3.8) is 0 Å². The number of aliphatic carboxylic acids is 1. The molecular formula is C10H19NO2. The maximum atomic E-state index is 10.1. The van der Waals surface area contributed by atoms with Gasteiger partial charge in [-0.25, -0.2) is 4.79 Å². The second-order valence-electron chi connectivity index (χ2n) is 3.52. The largest absolute Gasteiger partial charge is 0.478 e. The number of carboxylic acids is 1. The van der Waals surface area contributed by atoms with Gasteiger partial charge in [0.05, 0.1) is 0 Å². The predicted octanol–water partition coefficient (Wildman–Crippen LogP) is 2.00. The Morgan fingerprint density at radius 3 is 2.69 bits per heavy atom. The van der Waals surface area contributed by atoms with Gasteiger partial charge >= 0.3 is 5.97 Å². The first-order valence-corrected chi connectivity index (χ1v) is 4.75. The number of carbonyl (C=O) groups is 1. The van der Waals surface area contributed by atoms with Crippen molar-refractivity contribution in [1.29, 1.82) is 0 Å². The molecule has 0 aliphatic heterocycles. The van der Waals surface area contributed by atoms with Crippen LogP contribution in [0.15, 0.2) is 12.3 Å². The fraction of sp³-hybridized carbons (Fsp3) is 0.700. The van der Waals surface area contributed by atoms with Crippen molar-refractivity contribution in [2.24, 2.45) is 5.92 Å². The summed E-state index contributed by atoms with van der Waals surface area (Å²) in [6.45, 7) is 5.27. The van der Waals surface area contributed by atoms with E-state index in [2.05, 4.69) is 19.2 Å². The summed E-state index contributed by atoms with van der Waals surface area (Å²) in [5.74, 6) is -0.149. The Morgan fingerprint density at radius 2 is 2.15 bits per heavy atom. The van der Waals surface area contributed by atoms with E-state index < -0.39 is 5.97 Å². The molecule has 2 N–H and O–H groups in total. The Labute approximate surface area is 79.8 Å². The summed E-state index contributed by atoms with van der Waals surface area (Å²) < 4.78 is 0. The molecule has 0 saturated heterocycles. The second-order valence-corrected chi connectivity index (χ2v) is 3.52. The van der Waals surface area contributed by atoms with Crippen molar-refractivity contribution >= 4 is 5.97 Å². The standard InChI is InChI=1S/C10H19NO2/c1-9(2)5-3-4-7-11-8-6-10(12)13/h6,8-9,11H,3-5,7H2,1-2H3,(H,12,13)/b8-6+. The van der Waals surface area contributed by atoms with E-state index in [9.17, 15) is 4.79 Å². The highest BCUT2D eigenvalue weighted by molar-refractivity contribution is 5.79. The summed E-state index contributed by atoms with van der Waals surface area (Å²) in [6, 6.07) is 0. The van der Waals surface area contributed by atoms with Gasteiger partial charge in [0.2, 0.25) is 0 Å². The van der Waals surface area contributed by atoms with Crippen LogP contribution in [0.25, 0.3) is 0 Å². The first-order valence-electron chi connectivity index (χ1n) is 4.75. The zero-order chi connectivity index (χ0) is 10.1. The van der Waals surface area contributed by atoms with Gasteiger partial charge < -0.3 is 10.4 Å². The first kappa shape index (κ1) is 12.0. The Kier molecular flexibility index (Phi) is 7.07.